The van der Waals surface area contributed by atoms with E-state index in [1.807, 2.05) is 13.8 Å². The average Bonchev–Trinajstić information content (AvgIpc) is 2.38. The van der Waals surface area contributed by atoms with Crippen molar-refractivity contribution in [2.75, 3.05) is 33.4 Å². The van der Waals surface area contributed by atoms with Crippen LogP contribution in [0.2, 0.25) is 0 Å². The molecule has 5 nitrogen and oxygen atoms in total. The van der Waals surface area contributed by atoms with Gasteiger partial charge in [0.2, 0.25) is 0 Å². The number of likely N-dealkylation sites (tertiary alicyclic amines) is 1. The van der Waals surface area contributed by atoms with Crippen molar-refractivity contribution in [2.24, 2.45) is 0 Å². The Morgan fingerprint density at radius 2 is 1.95 bits per heavy atom. The van der Waals surface area contributed by atoms with Gasteiger partial charge < -0.3 is 19.7 Å². The fraction of sp³-hybridized carbons (Fsp3) is 1.00. The van der Waals surface area contributed by atoms with E-state index in [1.165, 1.54) is 12.8 Å². The highest BCUT2D eigenvalue weighted by molar-refractivity contribution is 4.80. The molecule has 1 fully saturated rings. The van der Waals surface area contributed by atoms with Crippen LogP contribution in [0.1, 0.15) is 39.5 Å². The number of nitrogens with zero attached hydrogens (tertiary/aromatic N) is 1. The van der Waals surface area contributed by atoms with Crippen LogP contribution in [-0.4, -0.2) is 72.9 Å². The van der Waals surface area contributed by atoms with Crippen LogP contribution in [0, 0.1) is 0 Å². The van der Waals surface area contributed by atoms with Crippen molar-refractivity contribution in [3.05, 3.63) is 0 Å². The van der Waals surface area contributed by atoms with Crippen molar-refractivity contribution >= 4 is 0 Å². The molecule has 0 aromatic rings. The van der Waals surface area contributed by atoms with Crippen LogP contribution in [0.5, 0.6) is 0 Å². The molecule has 0 aromatic carbocycles. The third kappa shape index (κ3) is 6.99. The number of piperidine rings is 1. The standard InChI is InChI=1S/C15H31NO4/c1-12(17)8-14-6-4-5-7-16(14)9-15(18)11-20-13(2)10-19-3/h12-15,17-18H,4-11H2,1-3H3. The number of rotatable bonds is 9. The molecule has 1 aliphatic heterocycles. The first-order valence-corrected chi connectivity index (χ1v) is 7.73. The first-order valence-electron chi connectivity index (χ1n) is 7.73. The van der Waals surface area contributed by atoms with Crippen LogP contribution < -0.4 is 0 Å². The summed E-state index contributed by atoms with van der Waals surface area (Å²) in [6, 6.07) is 0.384. The van der Waals surface area contributed by atoms with Gasteiger partial charge >= 0.3 is 0 Å². The number of aliphatic hydroxyl groups is 2. The van der Waals surface area contributed by atoms with E-state index in [0.717, 1.165) is 19.4 Å². The minimum absolute atomic E-state index is 0.00395. The number of β-amino-alcohol motifs (C(OH)–C–C–N with tert-alkyl or cyclic N) is 1. The van der Waals surface area contributed by atoms with Gasteiger partial charge in [0.05, 0.1) is 31.5 Å². The zero-order chi connectivity index (χ0) is 15.0. The molecule has 1 heterocycles. The molecule has 0 radical (unpaired) electrons. The molecule has 4 atom stereocenters. The first-order chi connectivity index (χ1) is 9.52. The summed E-state index contributed by atoms with van der Waals surface area (Å²) in [6.07, 6.45) is 3.52. The van der Waals surface area contributed by atoms with Gasteiger partial charge in [-0.25, -0.2) is 0 Å². The molecule has 0 aliphatic carbocycles. The molecular weight excluding hydrogens is 258 g/mol. The van der Waals surface area contributed by atoms with Gasteiger partial charge in [-0.15, -0.1) is 0 Å². The second kappa shape index (κ2) is 9.68. The molecule has 0 bridgehead atoms. The van der Waals surface area contributed by atoms with Crippen LogP contribution in [0.3, 0.4) is 0 Å². The number of aliphatic hydroxyl groups excluding tert-OH is 2. The minimum Gasteiger partial charge on any atom is -0.393 e. The maximum absolute atomic E-state index is 10.1. The van der Waals surface area contributed by atoms with Gasteiger partial charge in [-0.05, 0) is 39.7 Å². The summed E-state index contributed by atoms with van der Waals surface area (Å²) in [7, 11) is 1.64. The zero-order valence-electron chi connectivity index (χ0n) is 13.1. The largest absolute Gasteiger partial charge is 0.393 e. The lowest BCUT2D eigenvalue weighted by Gasteiger charge is -2.37. The molecule has 1 aliphatic rings. The van der Waals surface area contributed by atoms with Crippen molar-refractivity contribution in [3.63, 3.8) is 0 Å². The normalized spacial score (nSPS) is 25.4. The molecule has 0 saturated carbocycles. The molecule has 0 aromatic heterocycles. The summed E-state index contributed by atoms with van der Waals surface area (Å²) < 4.78 is 10.6. The SMILES string of the molecule is COCC(C)OCC(O)CN1CCCCC1CC(C)O. The monoisotopic (exact) mass is 289 g/mol. The van der Waals surface area contributed by atoms with Crippen molar-refractivity contribution < 1.29 is 19.7 Å². The van der Waals surface area contributed by atoms with Crippen molar-refractivity contribution in [2.45, 2.75) is 63.9 Å². The minimum atomic E-state index is -0.482. The Morgan fingerprint density at radius 1 is 1.20 bits per heavy atom. The Kier molecular flexibility index (Phi) is 8.64. The maximum atomic E-state index is 10.1. The van der Waals surface area contributed by atoms with Crippen molar-refractivity contribution in [1.29, 1.82) is 0 Å². The van der Waals surface area contributed by atoms with Gasteiger partial charge in [-0.3, -0.25) is 4.90 Å². The van der Waals surface area contributed by atoms with E-state index in [2.05, 4.69) is 4.90 Å². The molecule has 4 unspecified atom stereocenters. The molecule has 5 heteroatoms. The van der Waals surface area contributed by atoms with Gasteiger partial charge in [0, 0.05) is 19.7 Å². The second-order valence-corrected chi connectivity index (χ2v) is 5.98. The molecule has 1 rings (SSSR count). The Morgan fingerprint density at radius 3 is 2.60 bits per heavy atom. The molecule has 1 saturated heterocycles. The second-order valence-electron chi connectivity index (χ2n) is 5.98. The van der Waals surface area contributed by atoms with Gasteiger partial charge in [0.1, 0.15) is 0 Å². The molecule has 0 amide bonds. The van der Waals surface area contributed by atoms with Gasteiger partial charge in [0.25, 0.3) is 0 Å². The number of hydrogen-bond acceptors (Lipinski definition) is 5. The molecule has 120 valence electrons. The third-order valence-electron chi connectivity index (χ3n) is 3.78. The molecule has 20 heavy (non-hydrogen) atoms. The zero-order valence-corrected chi connectivity index (χ0v) is 13.1. The number of methoxy groups -OCH3 is 1. The molecular formula is C15H31NO4. The summed E-state index contributed by atoms with van der Waals surface area (Å²) in [4.78, 5) is 2.30. The highest BCUT2D eigenvalue weighted by Gasteiger charge is 2.25. The number of hydrogen-bond donors (Lipinski definition) is 2. The summed E-state index contributed by atoms with van der Waals surface area (Å²) in [6.45, 7) is 6.27. The van der Waals surface area contributed by atoms with Crippen LogP contribution in [0.4, 0.5) is 0 Å². The number of ether oxygens (including phenoxy) is 2. The van der Waals surface area contributed by atoms with Crippen LogP contribution >= 0.6 is 0 Å². The van der Waals surface area contributed by atoms with E-state index in [4.69, 9.17) is 9.47 Å². The highest BCUT2D eigenvalue weighted by Crippen LogP contribution is 2.21. The van der Waals surface area contributed by atoms with Crippen LogP contribution in [-0.2, 0) is 9.47 Å². The predicted octanol–water partition coefficient (Wildman–Crippen LogP) is 1.02. The average molecular weight is 289 g/mol. The smallest absolute Gasteiger partial charge is 0.0900 e. The third-order valence-corrected chi connectivity index (χ3v) is 3.78. The van der Waals surface area contributed by atoms with E-state index in [0.29, 0.717) is 25.8 Å². The van der Waals surface area contributed by atoms with Crippen LogP contribution in [0.25, 0.3) is 0 Å². The fourth-order valence-corrected chi connectivity index (χ4v) is 2.84. The van der Waals surface area contributed by atoms with Crippen molar-refractivity contribution in [1.82, 2.24) is 4.90 Å². The van der Waals surface area contributed by atoms with Gasteiger partial charge in [0.15, 0.2) is 0 Å². The Bertz CT molecular complexity index is 250. The topological polar surface area (TPSA) is 62.2 Å². The Balaban J connectivity index is 2.32. The highest BCUT2D eigenvalue weighted by atomic mass is 16.5. The van der Waals surface area contributed by atoms with E-state index in [9.17, 15) is 10.2 Å². The quantitative estimate of drug-likeness (QED) is 0.664. The summed E-state index contributed by atoms with van der Waals surface area (Å²) >= 11 is 0. The predicted molar refractivity (Wildman–Crippen MR) is 78.8 cm³/mol. The van der Waals surface area contributed by atoms with Crippen molar-refractivity contribution in [3.8, 4) is 0 Å². The van der Waals surface area contributed by atoms with Gasteiger partial charge in [-0.2, -0.15) is 0 Å². The van der Waals surface area contributed by atoms with E-state index < -0.39 is 6.10 Å². The Labute approximate surface area is 122 Å². The molecule has 2 N–H and O–H groups in total. The Hall–Kier alpha value is -0.200. The van der Waals surface area contributed by atoms with E-state index >= 15 is 0 Å². The summed E-state index contributed by atoms with van der Waals surface area (Å²) in [5.74, 6) is 0. The van der Waals surface area contributed by atoms with Gasteiger partial charge in [-0.1, -0.05) is 6.42 Å². The van der Waals surface area contributed by atoms with E-state index in [-0.39, 0.29) is 12.2 Å². The molecule has 0 spiro atoms. The fourth-order valence-electron chi connectivity index (χ4n) is 2.84. The lowest BCUT2D eigenvalue weighted by Crippen LogP contribution is -2.46. The summed E-state index contributed by atoms with van der Waals surface area (Å²) in [5.41, 5.74) is 0. The summed E-state index contributed by atoms with van der Waals surface area (Å²) in [5, 5.41) is 19.7. The lowest BCUT2D eigenvalue weighted by atomic mass is 9.97. The maximum Gasteiger partial charge on any atom is 0.0900 e. The first kappa shape index (κ1) is 17.9. The van der Waals surface area contributed by atoms with E-state index in [1.54, 1.807) is 7.11 Å². The van der Waals surface area contributed by atoms with Crippen LogP contribution in [0.15, 0.2) is 0 Å². The lowest BCUT2D eigenvalue weighted by molar-refractivity contribution is -0.0470.